The summed E-state index contributed by atoms with van der Waals surface area (Å²) < 4.78 is 70.0. The monoisotopic (exact) mass is 782 g/mol. The second kappa shape index (κ2) is 18.1. The Morgan fingerprint density at radius 1 is 0.404 bits per heavy atom. The summed E-state index contributed by atoms with van der Waals surface area (Å²) in [7, 11) is 0. The van der Waals surface area contributed by atoms with Crippen molar-refractivity contribution in [2.75, 3.05) is 106 Å². The van der Waals surface area contributed by atoms with Crippen molar-refractivity contribution in [1.82, 2.24) is 0 Å². The number of hydrogen-bond acceptors (Lipinski definition) is 12. The third-order valence-electron chi connectivity index (χ3n) is 10.5. The summed E-state index contributed by atoms with van der Waals surface area (Å²) in [6, 6.07) is 29.7. The average Bonchev–Trinajstić information content (AvgIpc) is 4.02. The van der Waals surface area contributed by atoms with E-state index >= 15 is 0 Å². The SMILES string of the molecule is c1ccc2c(c1)-c1ccccc1C2(c1ccc(OCCOCC2CO2)c(OCCOCC2CO2)c1)c1ccc(OCCOCC2CO2)c(OCCOCC2CO2)c1. The Bertz CT molecular complexity index is 1800. The van der Waals surface area contributed by atoms with Gasteiger partial charge in [-0.1, -0.05) is 60.7 Å². The predicted molar refractivity (Wildman–Crippen MR) is 208 cm³/mol. The van der Waals surface area contributed by atoms with Crippen LogP contribution in [0.5, 0.6) is 23.0 Å². The molecule has 0 amide bonds. The summed E-state index contributed by atoms with van der Waals surface area (Å²) in [5, 5.41) is 0. The Labute approximate surface area is 333 Å². The Balaban J connectivity index is 1.05. The van der Waals surface area contributed by atoms with Gasteiger partial charge in [-0.15, -0.1) is 0 Å². The van der Waals surface area contributed by atoms with Crippen molar-refractivity contribution in [2.24, 2.45) is 0 Å². The summed E-state index contributed by atoms with van der Waals surface area (Å²) in [5.74, 6) is 2.50. The molecular weight excluding hydrogens is 732 g/mol. The average molecular weight is 783 g/mol. The van der Waals surface area contributed by atoms with Crippen molar-refractivity contribution < 1.29 is 56.8 Å². The molecule has 0 N–H and O–H groups in total. The van der Waals surface area contributed by atoms with E-state index in [-0.39, 0.29) is 24.4 Å². The van der Waals surface area contributed by atoms with E-state index in [9.17, 15) is 0 Å². The van der Waals surface area contributed by atoms with Gasteiger partial charge in [-0.25, -0.2) is 0 Å². The van der Waals surface area contributed by atoms with E-state index in [2.05, 4.69) is 72.8 Å². The van der Waals surface area contributed by atoms with Gasteiger partial charge in [0.2, 0.25) is 0 Å². The minimum Gasteiger partial charge on any atom is -0.487 e. The molecule has 9 rings (SSSR count). The van der Waals surface area contributed by atoms with Crippen molar-refractivity contribution in [2.45, 2.75) is 29.8 Å². The summed E-state index contributed by atoms with van der Waals surface area (Å²) in [5.41, 5.74) is 5.91. The lowest BCUT2D eigenvalue weighted by Crippen LogP contribution is -2.29. The molecule has 4 aliphatic heterocycles. The van der Waals surface area contributed by atoms with Crippen molar-refractivity contribution in [3.8, 4) is 34.1 Å². The van der Waals surface area contributed by atoms with E-state index in [1.165, 1.54) is 11.1 Å². The number of benzene rings is 4. The van der Waals surface area contributed by atoms with E-state index in [4.69, 9.17) is 56.8 Å². The van der Waals surface area contributed by atoms with Gasteiger partial charge in [-0.2, -0.15) is 0 Å². The quantitative estimate of drug-likeness (QED) is 0.0540. The second-order valence-electron chi connectivity index (χ2n) is 14.7. The lowest BCUT2D eigenvalue weighted by molar-refractivity contribution is 0.0800. The second-order valence-corrected chi connectivity index (χ2v) is 14.7. The molecule has 12 heteroatoms. The van der Waals surface area contributed by atoms with Gasteiger partial charge in [0.05, 0.1) is 84.7 Å². The zero-order chi connectivity index (χ0) is 38.3. The fraction of sp³-hybridized carbons (Fsp3) is 0.467. The smallest absolute Gasteiger partial charge is 0.161 e. The Hall–Kier alpha value is -4.24. The van der Waals surface area contributed by atoms with Gasteiger partial charge >= 0.3 is 0 Å². The van der Waals surface area contributed by atoms with Crippen LogP contribution in [0.4, 0.5) is 0 Å². The van der Waals surface area contributed by atoms with Crippen molar-refractivity contribution in [1.29, 1.82) is 0 Å². The standard InChI is InChI=1S/C45H50O12/c1-3-7-39-37(5-1)38-6-2-4-8-40(38)45(39,31-9-11-41(50-17-13-46-23-33-27-54-33)43(21-31)52-19-15-48-25-35-29-56-35)32-10-12-42(51-18-14-47-24-34-28-55-34)44(22-32)53-20-16-49-26-36-30-57-36/h1-12,21-22,33-36H,13-20,23-30H2. The molecule has 0 radical (unpaired) electrons. The van der Waals surface area contributed by atoms with Crippen LogP contribution in [-0.4, -0.2) is 130 Å². The summed E-state index contributed by atoms with van der Waals surface area (Å²) in [4.78, 5) is 0. The van der Waals surface area contributed by atoms with Crippen LogP contribution in [0.3, 0.4) is 0 Å². The van der Waals surface area contributed by atoms with Crippen molar-refractivity contribution >= 4 is 0 Å². The van der Waals surface area contributed by atoms with Crippen LogP contribution in [-0.2, 0) is 43.3 Å². The molecule has 0 saturated carbocycles. The minimum atomic E-state index is -0.749. The molecule has 4 saturated heterocycles. The third kappa shape index (κ3) is 9.56. The minimum absolute atomic E-state index is 0.182. The molecule has 4 aromatic carbocycles. The first-order valence-electron chi connectivity index (χ1n) is 20.0. The van der Waals surface area contributed by atoms with Crippen LogP contribution >= 0.6 is 0 Å². The van der Waals surface area contributed by atoms with E-state index in [0.29, 0.717) is 102 Å². The van der Waals surface area contributed by atoms with Gasteiger partial charge < -0.3 is 56.8 Å². The maximum atomic E-state index is 6.49. The molecule has 12 nitrogen and oxygen atoms in total. The zero-order valence-electron chi connectivity index (χ0n) is 32.1. The van der Waals surface area contributed by atoms with Gasteiger partial charge in [0.1, 0.15) is 50.8 Å². The molecule has 0 aromatic heterocycles. The number of ether oxygens (including phenoxy) is 12. The van der Waals surface area contributed by atoms with Crippen molar-refractivity contribution in [3.63, 3.8) is 0 Å². The Morgan fingerprint density at radius 3 is 1.09 bits per heavy atom. The van der Waals surface area contributed by atoms with E-state index < -0.39 is 5.41 Å². The van der Waals surface area contributed by atoms with Crippen LogP contribution in [0.2, 0.25) is 0 Å². The first kappa shape index (κ1) is 38.3. The highest BCUT2D eigenvalue weighted by Crippen LogP contribution is 2.57. The maximum Gasteiger partial charge on any atom is 0.161 e. The normalized spacial score (nSPS) is 21.7. The largest absolute Gasteiger partial charge is 0.487 e. The van der Waals surface area contributed by atoms with Crippen LogP contribution in [0.25, 0.3) is 11.1 Å². The third-order valence-corrected chi connectivity index (χ3v) is 10.5. The maximum absolute atomic E-state index is 6.49. The molecule has 5 aliphatic rings. The highest BCUT2D eigenvalue weighted by molar-refractivity contribution is 5.86. The topological polar surface area (TPSA) is 124 Å². The Morgan fingerprint density at radius 2 is 0.737 bits per heavy atom. The predicted octanol–water partition coefficient (Wildman–Crippen LogP) is 5.23. The van der Waals surface area contributed by atoms with E-state index in [1.807, 2.05) is 12.1 Å². The van der Waals surface area contributed by atoms with Gasteiger partial charge in [0, 0.05) is 0 Å². The van der Waals surface area contributed by atoms with Crippen LogP contribution in [0.1, 0.15) is 22.3 Å². The van der Waals surface area contributed by atoms with Crippen molar-refractivity contribution in [3.05, 3.63) is 107 Å². The van der Waals surface area contributed by atoms with Crippen LogP contribution < -0.4 is 18.9 Å². The summed E-state index contributed by atoms with van der Waals surface area (Å²) in [6.45, 7) is 8.38. The molecule has 4 atom stereocenters. The Kier molecular flexibility index (Phi) is 12.2. The molecule has 4 heterocycles. The highest BCUT2D eigenvalue weighted by atomic mass is 16.6. The van der Waals surface area contributed by atoms with Crippen LogP contribution in [0.15, 0.2) is 84.9 Å². The molecule has 57 heavy (non-hydrogen) atoms. The van der Waals surface area contributed by atoms with Gasteiger partial charge in [-0.05, 0) is 57.6 Å². The van der Waals surface area contributed by atoms with E-state index in [0.717, 1.165) is 48.7 Å². The molecule has 0 bridgehead atoms. The first-order chi connectivity index (χ1) is 28.3. The van der Waals surface area contributed by atoms with E-state index in [1.54, 1.807) is 0 Å². The molecule has 302 valence electrons. The molecular formula is C45H50O12. The number of fused-ring (bicyclic) bond motifs is 3. The molecule has 0 spiro atoms. The van der Waals surface area contributed by atoms with Gasteiger partial charge in [-0.3, -0.25) is 0 Å². The molecule has 4 fully saturated rings. The molecule has 4 unspecified atom stereocenters. The number of rotatable bonds is 26. The van der Waals surface area contributed by atoms with Gasteiger partial charge in [0.25, 0.3) is 0 Å². The first-order valence-corrected chi connectivity index (χ1v) is 20.0. The fourth-order valence-electron chi connectivity index (χ4n) is 7.33. The summed E-state index contributed by atoms with van der Waals surface area (Å²) >= 11 is 0. The number of hydrogen-bond donors (Lipinski definition) is 0. The van der Waals surface area contributed by atoms with Gasteiger partial charge in [0.15, 0.2) is 23.0 Å². The molecule has 4 aromatic rings. The highest BCUT2D eigenvalue weighted by Gasteiger charge is 2.46. The summed E-state index contributed by atoms with van der Waals surface area (Å²) in [6.07, 6.45) is 0.756. The molecule has 1 aliphatic carbocycles. The zero-order valence-corrected chi connectivity index (χ0v) is 32.1. The number of epoxide rings is 4. The lowest BCUT2D eigenvalue weighted by atomic mass is 9.67. The lowest BCUT2D eigenvalue weighted by Gasteiger charge is -2.34. The fourth-order valence-corrected chi connectivity index (χ4v) is 7.33. The van der Waals surface area contributed by atoms with Crippen LogP contribution in [0, 0.1) is 0 Å².